The average molecular weight is 388 g/mol. The standard InChI is InChI=1S/C23H21FN4O/c1-14-12-18(17-13-16(24)6-7-19(17)25-14)23(29)28-10-8-15(9-11-28)22-26-20-4-2-3-5-21(20)27-22/h2-7,12-13,15H,8-11H2,1H3,(H,26,27). The van der Waals surface area contributed by atoms with E-state index in [9.17, 15) is 9.18 Å². The Morgan fingerprint density at radius 2 is 1.86 bits per heavy atom. The normalized spacial score (nSPS) is 15.3. The molecule has 1 aliphatic heterocycles. The van der Waals surface area contributed by atoms with Gasteiger partial charge in [0.05, 0.1) is 22.1 Å². The molecule has 146 valence electrons. The molecule has 0 spiro atoms. The topological polar surface area (TPSA) is 61.9 Å². The van der Waals surface area contributed by atoms with Crippen LogP contribution in [0.2, 0.25) is 0 Å². The van der Waals surface area contributed by atoms with Gasteiger partial charge in [-0.3, -0.25) is 9.78 Å². The zero-order chi connectivity index (χ0) is 20.0. The third kappa shape index (κ3) is 3.24. The first-order valence-electron chi connectivity index (χ1n) is 9.89. The molecule has 0 aliphatic carbocycles. The molecule has 29 heavy (non-hydrogen) atoms. The Bertz CT molecular complexity index is 1190. The maximum Gasteiger partial charge on any atom is 0.254 e. The highest BCUT2D eigenvalue weighted by Gasteiger charge is 2.27. The molecule has 1 N–H and O–H groups in total. The minimum Gasteiger partial charge on any atom is -0.342 e. The molecule has 6 heteroatoms. The lowest BCUT2D eigenvalue weighted by Crippen LogP contribution is -2.38. The number of imidazole rings is 1. The van der Waals surface area contributed by atoms with Crippen molar-refractivity contribution in [1.29, 1.82) is 0 Å². The Labute approximate surface area is 167 Å². The molecule has 5 nitrogen and oxygen atoms in total. The van der Waals surface area contributed by atoms with Crippen molar-refractivity contribution < 1.29 is 9.18 Å². The number of para-hydroxylation sites is 2. The summed E-state index contributed by atoms with van der Waals surface area (Å²) in [4.78, 5) is 27.6. The number of aryl methyl sites for hydroxylation is 1. The van der Waals surface area contributed by atoms with Crippen LogP contribution in [-0.4, -0.2) is 38.8 Å². The number of pyridine rings is 1. The quantitative estimate of drug-likeness (QED) is 0.547. The number of aromatic nitrogens is 3. The summed E-state index contributed by atoms with van der Waals surface area (Å²) in [6.45, 7) is 3.16. The Hall–Kier alpha value is -3.28. The Balaban J connectivity index is 1.37. The van der Waals surface area contributed by atoms with Crippen LogP contribution in [0.15, 0.2) is 48.5 Å². The number of fused-ring (bicyclic) bond motifs is 2. The van der Waals surface area contributed by atoms with Crippen molar-refractivity contribution in [2.75, 3.05) is 13.1 Å². The van der Waals surface area contributed by atoms with E-state index in [0.717, 1.165) is 35.4 Å². The summed E-state index contributed by atoms with van der Waals surface area (Å²) in [6, 6.07) is 14.2. The van der Waals surface area contributed by atoms with Gasteiger partial charge < -0.3 is 9.88 Å². The van der Waals surface area contributed by atoms with Gasteiger partial charge in [-0.05, 0) is 56.2 Å². The minimum absolute atomic E-state index is 0.0610. The van der Waals surface area contributed by atoms with Crippen molar-refractivity contribution in [3.05, 3.63) is 71.4 Å². The number of piperidine rings is 1. The van der Waals surface area contributed by atoms with E-state index < -0.39 is 0 Å². The zero-order valence-electron chi connectivity index (χ0n) is 16.2. The number of carbonyl (C=O) groups excluding carboxylic acids is 1. The first-order valence-corrected chi connectivity index (χ1v) is 9.89. The molecule has 1 fully saturated rings. The molecule has 4 aromatic rings. The Morgan fingerprint density at radius 1 is 1.07 bits per heavy atom. The fraction of sp³-hybridized carbons (Fsp3) is 0.261. The number of amides is 1. The molecule has 1 amide bonds. The molecule has 3 heterocycles. The summed E-state index contributed by atoms with van der Waals surface area (Å²) in [6.07, 6.45) is 1.70. The summed E-state index contributed by atoms with van der Waals surface area (Å²) in [7, 11) is 0. The zero-order valence-corrected chi connectivity index (χ0v) is 16.2. The number of hydrogen-bond donors (Lipinski definition) is 1. The van der Waals surface area contributed by atoms with Crippen molar-refractivity contribution >= 4 is 27.8 Å². The lowest BCUT2D eigenvalue weighted by molar-refractivity contribution is 0.0713. The van der Waals surface area contributed by atoms with Gasteiger partial charge in [0, 0.05) is 30.1 Å². The van der Waals surface area contributed by atoms with Gasteiger partial charge in [-0.2, -0.15) is 0 Å². The van der Waals surface area contributed by atoms with E-state index in [1.807, 2.05) is 36.1 Å². The number of rotatable bonds is 2. The van der Waals surface area contributed by atoms with E-state index in [1.54, 1.807) is 12.1 Å². The summed E-state index contributed by atoms with van der Waals surface area (Å²) < 4.78 is 13.8. The van der Waals surface area contributed by atoms with Crippen LogP contribution in [0.4, 0.5) is 4.39 Å². The van der Waals surface area contributed by atoms with Crippen LogP contribution in [-0.2, 0) is 0 Å². The summed E-state index contributed by atoms with van der Waals surface area (Å²) in [5.74, 6) is 0.875. The highest BCUT2D eigenvalue weighted by atomic mass is 19.1. The highest BCUT2D eigenvalue weighted by molar-refractivity contribution is 6.06. The molecule has 0 atom stereocenters. The Kier molecular flexibility index (Phi) is 4.27. The molecule has 0 saturated carbocycles. The third-order valence-corrected chi connectivity index (χ3v) is 5.71. The van der Waals surface area contributed by atoms with Crippen LogP contribution in [0.25, 0.3) is 21.9 Å². The van der Waals surface area contributed by atoms with Crippen molar-refractivity contribution in [3.63, 3.8) is 0 Å². The molecular formula is C23H21FN4O. The van der Waals surface area contributed by atoms with Gasteiger partial charge in [-0.25, -0.2) is 9.37 Å². The number of carbonyl (C=O) groups is 1. The van der Waals surface area contributed by atoms with Gasteiger partial charge >= 0.3 is 0 Å². The second kappa shape index (κ2) is 6.95. The van der Waals surface area contributed by atoms with Crippen molar-refractivity contribution in [2.45, 2.75) is 25.7 Å². The first kappa shape index (κ1) is 17.8. The van der Waals surface area contributed by atoms with Crippen molar-refractivity contribution in [2.24, 2.45) is 0 Å². The predicted octanol–water partition coefficient (Wildman–Crippen LogP) is 4.58. The van der Waals surface area contributed by atoms with Gasteiger partial charge in [-0.15, -0.1) is 0 Å². The second-order valence-corrected chi connectivity index (χ2v) is 7.68. The van der Waals surface area contributed by atoms with Crippen molar-refractivity contribution in [1.82, 2.24) is 19.9 Å². The molecule has 1 saturated heterocycles. The summed E-state index contributed by atoms with van der Waals surface area (Å²) >= 11 is 0. The van der Waals surface area contributed by atoms with Gasteiger partial charge in [0.15, 0.2) is 0 Å². The molecule has 0 radical (unpaired) electrons. The molecule has 1 aliphatic rings. The molecule has 2 aromatic carbocycles. The maximum atomic E-state index is 13.8. The molecule has 0 bridgehead atoms. The number of likely N-dealkylation sites (tertiary alicyclic amines) is 1. The van der Waals surface area contributed by atoms with Gasteiger partial charge in [0.2, 0.25) is 0 Å². The third-order valence-electron chi connectivity index (χ3n) is 5.71. The summed E-state index contributed by atoms with van der Waals surface area (Å²) in [5.41, 5.74) is 3.94. The van der Waals surface area contributed by atoms with Gasteiger partial charge in [0.1, 0.15) is 11.6 Å². The van der Waals surface area contributed by atoms with E-state index in [1.165, 1.54) is 12.1 Å². The van der Waals surface area contributed by atoms with Crippen LogP contribution in [0.5, 0.6) is 0 Å². The SMILES string of the molecule is Cc1cc(C(=O)N2CCC(c3nc4ccccc4[nH]3)CC2)c2cc(F)ccc2n1. The fourth-order valence-corrected chi connectivity index (χ4v) is 4.20. The number of nitrogens with one attached hydrogen (secondary N) is 1. The first-order chi connectivity index (χ1) is 14.1. The molecule has 2 aromatic heterocycles. The Morgan fingerprint density at radius 3 is 2.66 bits per heavy atom. The van der Waals surface area contributed by atoms with E-state index in [0.29, 0.717) is 35.5 Å². The van der Waals surface area contributed by atoms with Crippen molar-refractivity contribution in [3.8, 4) is 0 Å². The molecule has 5 rings (SSSR count). The number of aromatic amines is 1. The van der Waals surface area contributed by atoms with Crippen LogP contribution >= 0.6 is 0 Å². The van der Waals surface area contributed by atoms with Crippen LogP contribution in [0.1, 0.15) is 40.6 Å². The van der Waals surface area contributed by atoms with Gasteiger partial charge in [-0.1, -0.05) is 12.1 Å². The van der Waals surface area contributed by atoms with E-state index >= 15 is 0 Å². The van der Waals surface area contributed by atoms with Crippen LogP contribution < -0.4 is 0 Å². The monoisotopic (exact) mass is 388 g/mol. The molecule has 0 unspecified atom stereocenters. The van der Waals surface area contributed by atoms with E-state index in [2.05, 4.69) is 9.97 Å². The van der Waals surface area contributed by atoms with E-state index in [4.69, 9.17) is 4.98 Å². The van der Waals surface area contributed by atoms with Crippen LogP contribution in [0.3, 0.4) is 0 Å². The van der Waals surface area contributed by atoms with Gasteiger partial charge in [0.25, 0.3) is 5.91 Å². The van der Waals surface area contributed by atoms with E-state index in [-0.39, 0.29) is 11.7 Å². The second-order valence-electron chi connectivity index (χ2n) is 7.68. The smallest absolute Gasteiger partial charge is 0.254 e. The maximum absolute atomic E-state index is 13.8. The average Bonchev–Trinajstić information content (AvgIpc) is 3.17. The summed E-state index contributed by atoms with van der Waals surface area (Å²) in [5, 5.41) is 0.569. The minimum atomic E-state index is -0.360. The number of hydrogen-bond acceptors (Lipinski definition) is 3. The number of benzene rings is 2. The molecular weight excluding hydrogens is 367 g/mol. The largest absolute Gasteiger partial charge is 0.342 e. The fourth-order valence-electron chi connectivity index (χ4n) is 4.20. The highest BCUT2D eigenvalue weighted by Crippen LogP contribution is 2.29. The van der Waals surface area contributed by atoms with Crippen LogP contribution in [0, 0.1) is 12.7 Å². The number of H-pyrrole nitrogens is 1. The lowest BCUT2D eigenvalue weighted by atomic mass is 9.95. The predicted molar refractivity (Wildman–Crippen MR) is 110 cm³/mol. The number of nitrogens with zero attached hydrogens (tertiary/aromatic N) is 3. The lowest BCUT2D eigenvalue weighted by Gasteiger charge is -2.31. The number of halogens is 1.